The molecule has 41 heavy (non-hydrogen) atoms. The largest absolute Gasteiger partial charge is 0.381 e. The fraction of sp³-hybridized carbons (Fsp3) is 0.250. The van der Waals surface area contributed by atoms with E-state index in [1.54, 1.807) is 7.05 Å². The molecule has 1 aliphatic heterocycles. The van der Waals surface area contributed by atoms with Crippen molar-refractivity contribution >= 4 is 34.5 Å². The molecule has 9 nitrogen and oxygen atoms in total. The molecule has 0 spiro atoms. The molecular weight excluding hydrogens is 516 g/mol. The molecule has 0 atom stereocenters. The van der Waals surface area contributed by atoms with Gasteiger partial charge in [0.1, 0.15) is 5.56 Å². The number of carbonyl (C=O) groups excluding carboxylic acids is 1. The number of aryl methyl sites for hydroxylation is 2. The van der Waals surface area contributed by atoms with E-state index in [4.69, 9.17) is 16.2 Å². The van der Waals surface area contributed by atoms with Crippen molar-refractivity contribution in [1.29, 1.82) is 0 Å². The number of aliphatic imine (C=N–C) groups is 1. The quantitative estimate of drug-likeness (QED) is 0.282. The molecule has 3 heterocycles. The van der Waals surface area contributed by atoms with Crippen LogP contribution in [-0.2, 0) is 18.2 Å². The molecule has 1 amide bonds. The van der Waals surface area contributed by atoms with Crippen molar-refractivity contribution in [1.82, 2.24) is 14.3 Å². The third kappa shape index (κ3) is 6.62. The van der Waals surface area contributed by atoms with Crippen molar-refractivity contribution in [3.8, 4) is 17.5 Å². The van der Waals surface area contributed by atoms with E-state index in [0.717, 1.165) is 54.8 Å². The first-order valence-corrected chi connectivity index (χ1v) is 13.4. The van der Waals surface area contributed by atoms with Crippen molar-refractivity contribution in [3.63, 3.8) is 0 Å². The lowest BCUT2D eigenvalue weighted by Crippen LogP contribution is -2.22. The number of benzene rings is 2. The van der Waals surface area contributed by atoms with E-state index in [1.807, 2.05) is 53.1 Å². The zero-order chi connectivity index (χ0) is 29.4. The predicted molar refractivity (Wildman–Crippen MR) is 164 cm³/mol. The lowest BCUT2D eigenvalue weighted by atomic mass is 9.99. The summed E-state index contributed by atoms with van der Waals surface area (Å²) in [6.45, 7) is 7.09. The molecule has 2 aromatic carbocycles. The van der Waals surface area contributed by atoms with Gasteiger partial charge in [0.15, 0.2) is 11.6 Å². The van der Waals surface area contributed by atoms with E-state index in [0.29, 0.717) is 17.1 Å². The van der Waals surface area contributed by atoms with E-state index in [2.05, 4.69) is 41.5 Å². The maximum atomic E-state index is 13.5. The highest BCUT2D eigenvalue weighted by Gasteiger charge is 2.18. The molecular formula is C32H34N6O3. The SMILES string of the molecule is C=C/C=N\c1c(C(N)=O)c(N)nn1C.CCc1cc2cccc(C#CC3CCOCC3)c2c(=O)n1-c1ccccc1. The van der Waals surface area contributed by atoms with Gasteiger partial charge in [0, 0.05) is 49.3 Å². The fourth-order valence-electron chi connectivity index (χ4n) is 4.70. The predicted octanol–water partition coefficient (Wildman–Crippen LogP) is 4.32. The summed E-state index contributed by atoms with van der Waals surface area (Å²) in [5.74, 6) is 6.77. The standard InChI is InChI=1S/C24H23NO2.C8H11N5O/c1-2-21-17-20-8-6-7-19(12-11-18-13-15-27-16-14-18)23(20)24(26)25(21)22-9-4-3-5-10-22;1-3-4-11-8-5(7(10)14)6(9)12-13(8)2/h3-10,17-18H,2,13-16H2,1H3;3-4H,1H2,2H3,(H2,9,12)(H2,10,14)/b;11-4-. The average molecular weight is 551 g/mol. The van der Waals surface area contributed by atoms with Gasteiger partial charge in [0.05, 0.1) is 5.39 Å². The van der Waals surface area contributed by atoms with Crippen LogP contribution in [0.3, 0.4) is 0 Å². The first-order valence-electron chi connectivity index (χ1n) is 13.4. The molecule has 0 bridgehead atoms. The van der Waals surface area contributed by atoms with Crippen LogP contribution in [0.25, 0.3) is 16.5 Å². The Hall–Kier alpha value is -4.94. The highest BCUT2D eigenvalue weighted by atomic mass is 16.5. The van der Waals surface area contributed by atoms with E-state index in [1.165, 1.54) is 17.0 Å². The second-order valence-electron chi connectivity index (χ2n) is 9.48. The van der Waals surface area contributed by atoms with Gasteiger partial charge < -0.3 is 16.2 Å². The Morgan fingerprint density at radius 3 is 2.59 bits per heavy atom. The number of primary amides is 1. The monoisotopic (exact) mass is 550 g/mol. The smallest absolute Gasteiger partial charge is 0.264 e. The molecule has 0 radical (unpaired) electrons. The number of fused-ring (bicyclic) bond motifs is 1. The van der Waals surface area contributed by atoms with E-state index < -0.39 is 5.91 Å². The van der Waals surface area contributed by atoms with Crippen LogP contribution >= 0.6 is 0 Å². The Kier molecular flexibility index (Phi) is 9.51. The summed E-state index contributed by atoms with van der Waals surface area (Å²) in [5.41, 5.74) is 13.5. The van der Waals surface area contributed by atoms with Crippen LogP contribution in [0.5, 0.6) is 0 Å². The Morgan fingerprint density at radius 1 is 1.20 bits per heavy atom. The summed E-state index contributed by atoms with van der Waals surface area (Å²) in [7, 11) is 1.62. The molecule has 4 aromatic rings. The van der Waals surface area contributed by atoms with Gasteiger partial charge in [0.25, 0.3) is 11.5 Å². The summed E-state index contributed by atoms with van der Waals surface area (Å²) >= 11 is 0. The molecule has 4 N–H and O–H groups in total. The van der Waals surface area contributed by atoms with Crippen molar-refractivity contribution in [2.75, 3.05) is 18.9 Å². The summed E-state index contributed by atoms with van der Waals surface area (Å²) in [6.07, 6.45) is 5.63. The minimum atomic E-state index is -0.646. The van der Waals surface area contributed by atoms with Gasteiger partial charge >= 0.3 is 0 Å². The molecule has 1 aliphatic rings. The minimum absolute atomic E-state index is 0.00688. The summed E-state index contributed by atoms with van der Waals surface area (Å²) < 4.78 is 8.62. The molecule has 5 rings (SSSR count). The maximum Gasteiger partial charge on any atom is 0.264 e. The highest BCUT2D eigenvalue weighted by molar-refractivity contribution is 6.02. The highest BCUT2D eigenvalue weighted by Crippen LogP contribution is 2.23. The number of hydrogen-bond donors (Lipinski definition) is 2. The van der Waals surface area contributed by atoms with E-state index in [-0.39, 0.29) is 16.9 Å². The van der Waals surface area contributed by atoms with Crippen molar-refractivity contribution in [3.05, 3.63) is 94.4 Å². The van der Waals surface area contributed by atoms with E-state index >= 15 is 0 Å². The molecule has 1 fully saturated rings. The summed E-state index contributed by atoms with van der Waals surface area (Å²) in [6, 6.07) is 17.9. The van der Waals surface area contributed by atoms with Gasteiger partial charge in [0.2, 0.25) is 0 Å². The van der Waals surface area contributed by atoms with Crippen LogP contribution in [0, 0.1) is 17.8 Å². The fourth-order valence-corrected chi connectivity index (χ4v) is 4.70. The van der Waals surface area contributed by atoms with Gasteiger partial charge in [-0.25, -0.2) is 9.67 Å². The Labute approximate surface area is 239 Å². The number of pyridine rings is 1. The number of allylic oxidation sites excluding steroid dienone is 1. The number of ether oxygens (including phenoxy) is 1. The van der Waals surface area contributed by atoms with Crippen LogP contribution in [0.15, 0.2) is 77.0 Å². The second-order valence-corrected chi connectivity index (χ2v) is 9.48. The van der Waals surface area contributed by atoms with Crippen LogP contribution in [0.1, 0.15) is 41.4 Å². The number of nitrogens with zero attached hydrogens (tertiary/aromatic N) is 4. The molecule has 0 unspecified atom stereocenters. The van der Waals surface area contributed by atoms with Crippen LogP contribution in [-0.4, -0.2) is 39.7 Å². The third-order valence-corrected chi connectivity index (χ3v) is 6.72. The zero-order valence-corrected chi connectivity index (χ0v) is 23.3. The van der Waals surface area contributed by atoms with Gasteiger partial charge in [-0.3, -0.25) is 14.2 Å². The van der Waals surface area contributed by atoms with Crippen LogP contribution in [0.2, 0.25) is 0 Å². The van der Waals surface area contributed by atoms with Gasteiger partial charge in [-0.2, -0.15) is 5.10 Å². The van der Waals surface area contributed by atoms with Crippen molar-refractivity contribution in [2.45, 2.75) is 26.2 Å². The first-order chi connectivity index (χ1) is 19.8. The van der Waals surface area contributed by atoms with Gasteiger partial charge in [-0.1, -0.05) is 61.8 Å². The molecule has 0 saturated carbocycles. The molecule has 210 valence electrons. The second kappa shape index (κ2) is 13.4. The number of nitrogens with two attached hydrogens (primary N) is 2. The number of nitrogen functional groups attached to an aromatic ring is 1. The molecule has 0 aliphatic carbocycles. The number of para-hydroxylation sites is 1. The minimum Gasteiger partial charge on any atom is -0.381 e. The number of carbonyl (C=O) groups is 1. The third-order valence-electron chi connectivity index (χ3n) is 6.72. The van der Waals surface area contributed by atoms with Crippen LogP contribution in [0.4, 0.5) is 11.6 Å². The molecule has 1 saturated heterocycles. The number of hydrogen-bond acceptors (Lipinski definition) is 6. The topological polar surface area (TPSA) is 131 Å². The Morgan fingerprint density at radius 2 is 1.93 bits per heavy atom. The first kappa shape index (κ1) is 29.1. The number of anilines is 1. The Bertz CT molecular complexity index is 1700. The zero-order valence-electron chi connectivity index (χ0n) is 23.3. The van der Waals surface area contributed by atoms with Gasteiger partial charge in [-0.15, -0.1) is 0 Å². The lowest BCUT2D eigenvalue weighted by molar-refractivity contribution is 0.0807. The maximum absolute atomic E-state index is 13.5. The lowest BCUT2D eigenvalue weighted by Gasteiger charge is -2.16. The molecule has 2 aromatic heterocycles. The number of rotatable bonds is 5. The molecule has 9 heteroatoms. The van der Waals surface area contributed by atoms with Gasteiger partial charge in [-0.05, 0) is 48.9 Å². The van der Waals surface area contributed by atoms with Crippen molar-refractivity contribution in [2.24, 2.45) is 23.7 Å². The average Bonchev–Trinajstić information content (AvgIpc) is 3.28. The summed E-state index contributed by atoms with van der Waals surface area (Å²) in [5, 5.41) is 5.50. The summed E-state index contributed by atoms with van der Waals surface area (Å²) in [4.78, 5) is 28.4. The normalized spacial score (nSPS) is 13.3. The van der Waals surface area contributed by atoms with E-state index in [9.17, 15) is 9.59 Å². The van der Waals surface area contributed by atoms with Crippen molar-refractivity contribution < 1.29 is 9.53 Å². The number of amides is 1. The Balaban J connectivity index is 0.000000234. The van der Waals surface area contributed by atoms with Crippen LogP contribution < -0.4 is 17.0 Å². The number of aromatic nitrogens is 3.